The van der Waals surface area contributed by atoms with Crippen LogP contribution in [0.1, 0.15) is 38.9 Å². The largest absolute Gasteiger partial charge is 0.469 e. The van der Waals surface area contributed by atoms with E-state index in [2.05, 4.69) is 24.1 Å². The first-order chi connectivity index (χ1) is 9.79. The number of piperidine rings is 1. The lowest BCUT2D eigenvalue weighted by Gasteiger charge is -2.33. The maximum Gasteiger partial charge on any atom is 0.193 e. The molecular weight excluding hydrogens is 377 g/mol. The maximum atomic E-state index is 5.37. The van der Waals surface area contributed by atoms with Crippen LogP contribution < -0.4 is 5.32 Å². The zero-order chi connectivity index (χ0) is 14.2. The van der Waals surface area contributed by atoms with Crippen LogP contribution in [0.15, 0.2) is 27.8 Å². The highest BCUT2D eigenvalue weighted by Crippen LogP contribution is 2.15. The van der Waals surface area contributed by atoms with Crippen LogP contribution in [0.2, 0.25) is 0 Å². The van der Waals surface area contributed by atoms with Gasteiger partial charge in [0.15, 0.2) is 5.96 Å². The molecule has 0 aliphatic carbocycles. The van der Waals surface area contributed by atoms with Crippen LogP contribution in [0.4, 0.5) is 0 Å². The number of rotatable bonds is 5. The molecule has 1 aromatic rings. The molecule has 120 valence electrons. The van der Waals surface area contributed by atoms with Crippen molar-refractivity contribution in [1.82, 2.24) is 10.2 Å². The highest BCUT2D eigenvalue weighted by atomic mass is 127. The Hall–Kier alpha value is -0.720. The summed E-state index contributed by atoms with van der Waals surface area (Å²) >= 11 is 0. The fourth-order valence-corrected chi connectivity index (χ4v) is 2.62. The van der Waals surface area contributed by atoms with E-state index < -0.39 is 0 Å². The van der Waals surface area contributed by atoms with Gasteiger partial charge in [0.25, 0.3) is 0 Å². The van der Waals surface area contributed by atoms with Gasteiger partial charge in [-0.25, -0.2) is 0 Å². The lowest BCUT2D eigenvalue weighted by molar-refractivity contribution is 0.265. The Morgan fingerprint density at radius 3 is 3.05 bits per heavy atom. The van der Waals surface area contributed by atoms with Crippen molar-refractivity contribution in [2.24, 2.45) is 10.9 Å². The molecule has 0 aromatic carbocycles. The van der Waals surface area contributed by atoms with Gasteiger partial charge in [-0.2, -0.15) is 0 Å². The van der Waals surface area contributed by atoms with Crippen LogP contribution in [0.25, 0.3) is 0 Å². The van der Waals surface area contributed by atoms with Gasteiger partial charge in [-0.05, 0) is 37.3 Å². The molecule has 1 aliphatic rings. The number of nitrogens with one attached hydrogen (secondary N) is 1. The van der Waals surface area contributed by atoms with Crippen LogP contribution in [-0.2, 0) is 6.42 Å². The Bertz CT molecular complexity index is 406. The van der Waals surface area contributed by atoms with Crippen LogP contribution >= 0.6 is 24.0 Å². The molecule has 0 radical (unpaired) electrons. The predicted molar refractivity (Wildman–Crippen MR) is 98.4 cm³/mol. The fraction of sp³-hybridized carbons (Fsp3) is 0.688. The summed E-state index contributed by atoms with van der Waals surface area (Å²) in [7, 11) is 0. The van der Waals surface area contributed by atoms with E-state index in [0.717, 1.165) is 56.7 Å². The maximum absolute atomic E-state index is 5.37. The highest BCUT2D eigenvalue weighted by molar-refractivity contribution is 14.0. The summed E-state index contributed by atoms with van der Waals surface area (Å²) < 4.78 is 5.37. The van der Waals surface area contributed by atoms with Gasteiger partial charge in [-0.3, -0.25) is 4.99 Å². The second-order valence-electron chi connectivity index (χ2n) is 5.65. The Labute approximate surface area is 145 Å². The lowest BCUT2D eigenvalue weighted by Crippen LogP contribution is -2.46. The summed E-state index contributed by atoms with van der Waals surface area (Å²) in [5, 5.41) is 3.50. The van der Waals surface area contributed by atoms with E-state index in [4.69, 9.17) is 9.41 Å². The van der Waals surface area contributed by atoms with Crippen molar-refractivity contribution in [3.8, 4) is 0 Å². The molecule has 1 atom stereocenters. The Morgan fingerprint density at radius 1 is 1.52 bits per heavy atom. The molecule has 21 heavy (non-hydrogen) atoms. The topological polar surface area (TPSA) is 40.8 Å². The average molecular weight is 405 g/mol. The molecular formula is C16H28IN3O. The third kappa shape index (κ3) is 6.28. The number of guanidine groups is 1. The van der Waals surface area contributed by atoms with Crippen molar-refractivity contribution >= 4 is 29.9 Å². The molecule has 1 fully saturated rings. The molecule has 5 heteroatoms. The number of halogens is 1. The number of likely N-dealkylation sites (tertiary alicyclic amines) is 1. The van der Waals surface area contributed by atoms with E-state index in [1.165, 1.54) is 12.8 Å². The molecule has 0 saturated carbocycles. The number of furan rings is 1. The fourth-order valence-electron chi connectivity index (χ4n) is 2.62. The van der Waals surface area contributed by atoms with Crippen molar-refractivity contribution in [2.75, 3.05) is 26.2 Å². The quantitative estimate of drug-likeness (QED) is 0.463. The van der Waals surface area contributed by atoms with Crippen molar-refractivity contribution < 1.29 is 4.42 Å². The first-order valence-corrected chi connectivity index (χ1v) is 7.85. The van der Waals surface area contributed by atoms with Gasteiger partial charge < -0.3 is 14.6 Å². The SMILES string of the molecule is CCCN=C(NCCc1ccco1)N1CCCC(C)C1.I. The number of nitrogens with zero attached hydrogens (tertiary/aromatic N) is 2. The highest BCUT2D eigenvalue weighted by Gasteiger charge is 2.19. The van der Waals surface area contributed by atoms with Gasteiger partial charge in [-0.1, -0.05) is 13.8 Å². The zero-order valence-corrected chi connectivity index (χ0v) is 15.5. The number of aliphatic imine (C=N–C) groups is 1. The van der Waals surface area contributed by atoms with E-state index in [0.29, 0.717) is 0 Å². The van der Waals surface area contributed by atoms with Gasteiger partial charge in [-0.15, -0.1) is 24.0 Å². The van der Waals surface area contributed by atoms with Crippen LogP contribution in [0.5, 0.6) is 0 Å². The van der Waals surface area contributed by atoms with Crippen LogP contribution in [0, 0.1) is 5.92 Å². The Kier molecular flexibility index (Phi) is 8.80. The summed E-state index contributed by atoms with van der Waals surface area (Å²) in [5.74, 6) is 2.87. The van der Waals surface area contributed by atoms with Crippen molar-refractivity contribution in [3.63, 3.8) is 0 Å². The molecule has 4 nitrogen and oxygen atoms in total. The molecule has 1 aromatic heterocycles. The van der Waals surface area contributed by atoms with Crippen molar-refractivity contribution in [2.45, 2.75) is 39.5 Å². The summed E-state index contributed by atoms with van der Waals surface area (Å²) in [6.07, 6.45) is 6.33. The molecule has 1 saturated heterocycles. The number of hydrogen-bond donors (Lipinski definition) is 1. The molecule has 1 aliphatic heterocycles. The smallest absolute Gasteiger partial charge is 0.193 e. The van der Waals surface area contributed by atoms with Gasteiger partial charge in [0, 0.05) is 32.6 Å². The predicted octanol–water partition coefficient (Wildman–Crippen LogP) is 3.53. The van der Waals surface area contributed by atoms with Gasteiger partial charge >= 0.3 is 0 Å². The molecule has 0 amide bonds. The summed E-state index contributed by atoms with van der Waals surface area (Å²) in [6.45, 7) is 8.51. The minimum atomic E-state index is 0. The standard InChI is InChI=1S/C16H27N3O.HI/c1-3-9-17-16(19-11-4-6-14(2)13-19)18-10-8-15-7-5-12-20-15;/h5,7,12,14H,3-4,6,8-11,13H2,1-2H3,(H,17,18);1H. The molecule has 0 spiro atoms. The van der Waals surface area contributed by atoms with E-state index in [1.54, 1.807) is 6.26 Å². The third-order valence-electron chi connectivity index (χ3n) is 3.68. The Morgan fingerprint density at radius 2 is 2.38 bits per heavy atom. The van der Waals surface area contributed by atoms with Gasteiger partial charge in [0.2, 0.25) is 0 Å². The first kappa shape index (κ1) is 18.3. The van der Waals surface area contributed by atoms with Crippen molar-refractivity contribution in [3.05, 3.63) is 24.2 Å². The summed E-state index contributed by atoms with van der Waals surface area (Å²) in [6, 6.07) is 3.96. The van der Waals surface area contributed by atoms with Crippen LogP contribution in [0.3, 0.4) is 0 Å². The van der Waals surface area contributed by atoms with Gasteiger partial charge in [0.05, 0.1) is 6.26 Å². The van der Waals surface area contributed by atoms with Gasteiger partial charge in [0.1, 0.15) is 5.76 Å². The zero-order valence-electron chi connectivity index (χ0n) is 13.2. The first-order valence-electron chi connectivity index (χ1n) is 7.85. The molecule has 1 unspecified atom stereocenters. The lowest BCUT2D eigenvalue weighted by atomic mass is 10.0. The minimum absolute atomic E-state index is 0. The van der Waals surface area contributed by atoms with Crippen molar-refractivity contribution in [1.29, 1.82) is 0 Å². The van der Waals surface area contributed by atoms with E-state index in [-0.39, 0.29) is 24.0 Å². The third-order valence-corrected chi connectivity index (χ3v) is 3.68. The summed E-state index contributed by atoms with van der Waals surface area (Å²) in [4.78, 5) is 7.13. The second kappa shape index (κ2) is 10.1. The molecule has 2 heterocycles. The normalized spacial score (nSPS) is 19.2. The Balaban J connectivity index is 0.00000220. The number of hydrogen-bond acceptors (Lipinski definition) is 2. The van der Waals surface area contributed by atoms with E-state index >= 15 is 0 Å². The molecule has 2 rings (SSSR count). The van der Waals surface area contributed by atoms with Crippen LogP contribution in [-0.4, -0.2) is 37.0 Å². The van der Waals surface area contributed by atoms with E-state index in [1.807, 2.05) is 12.1 Å². The second-order valence-corrected chi connectivity index (χ2v) is 5.65. The molecule has 0 bridgehead atoms. The monoisotopic (exact) mass is 405 g/mol. The molecule has 1 N–H and O–H groups in total. The minimum Gasteiger partial charge on any atom is -0.469 e. The summed E-state index contributed by atoms with van der Waals surface area (Å²) in [5.41, 5.74) is 0. The van der Waals surface area contributed by atoms with E-state index in [9.17, 15) is 0 Å². The average Bonchev–Trinajstić information content (AvgIpc) is 2.96.